The minimum Gasteiger partial charge on any atom is -0.497 e. The summed E-state index contributed by atoms with van der Waals surface area (Å²) in [5.41, 5.74) is 2.40. The summed E-state index contributed by atoms with van der Waals surface area (Å²) in [6.07, 6.45) is 4.60. The number of benzene rings is 1. The molecule has 1 N–H and O–H groups in total. The Bertz CT molecular complexity index is 891. The van der Waals surface area contributed by atoms with Crippen molar-refractivity contribution >= 4 is 23.2 Å². The number of pyridine rings is 1. The second-order valence-corrected chi connectivity index (χ2v) is 6.61. The zero-order valence-corrected chi connectivity index (χ0v) is 15.3. The predicted octanol–water partition coefficient (Wildman–Crippen LogP) is 3.43. The van der Waals surface area contributed by atoms with Gasteiger partial charge in [-0.1, -0.05) is 30.0 Å². The first-order chi connectivity index (χ1) is 12.1. The summed E-state index contributed by atoms with van der Waals surface area (Å²) < 4.78 is 7.18. The first-order valence-electron chi connectivity index (χ1n) is 8.07. The first kappa shape index (κ1) is 17.4. The molecule has 0 fully saturated rings. The number of hydrogen-bond acceptors (Lipinski definition) is 4. The Hall–Kier alpha value is -2.47. The highest BCUT2D eigenvalue weighted by atomic mass is 32.2. The van der Waals surface area contributed by atoms with E-state index in [1.165, 1.54) is 11.8 Å². The van der Waals surface area contributed by atoms with Crippen LogP contribution in [-0.4, -0.2) is 34.7 Å². The standard InChI is InChI=1S/C19H21N3O2S/c1-13(11-14-7-6-8-15(12-14)24-2)20-18(23)17-16-9-4-5-10-22(16)19(21-17)25-3/h4-10,12-13H,11H2,1-3H3,(H,20,23). The number of ether oxygens (including phenoxy) is 1. The molecule has 0 saturated carbocycles. The quantitative estimate of drug-likeness (QED) is 0.688. The highest BCUT2D eigenvalue weighted by Gasteiger charge is 2.18. The van der Waals surface area contributed by atoms with E-state index in [0.29, 0.717) is 5.69 Å². The molecule has 0 saturated heterocycles. The van der Waals surface area contributed by atoms with Gasteiger partial charge in [-0.3, -0.25) is 9.20 Å². The van der Waals surface area contributed by atoms with Crippen molar-refractivity contribution in [1.29, 1.82) is 0 Å². The average molecular weight is 355 g/mol. The topological polar surface area (TPSA) is 55.6 Å². The second-order valence-electron chi connectivity index (χ2n) is 5.83. The number of rotatable bonds is 6. The van der Waals surface area contributed by atoms with Crippen LogP contribution in [0.5, 0.6) is 5.75 Å². The van der Waals surface area contributed by atoms with Gasteiger partial charge in [0, 0.05) is 12.2 Å². The van der Waals surface area contributed by atoms with Crippen LogP contribution >= 0.6 is 11.8 Å². The van der Waals surface area contributed by atoms with Crippen molar-refractivity contribution in [3.63, 3.8) is 0 Å². The molecule has 2 heterocycles. The Labute approximate surface area is 151 Å². The maximum Gasteiger partial charge on any atom is 0.272 e. The van der Waals surface area contributed by atoms with Crippen molar-refractivity contribution < 1.29 is 9.53 Å². The number of fused-ring (bicyclic) bond motifs is 1. The number of imidazole rings is 1. The molecular weight excluding hydrogens is 334 g/mol. The van der Waals surface area contributed by atoms with Crippen LogP contribution in [0, 0.1) is 0 Å². The van der Waals surface area contributed by atoms with Crippen LogP contribution in [0.1, 0.15) is 23.0 Å². The number of thioether (sulfide) groups is 1. The van der Waals surface area contributed by atoms with Crippen LogP contribution in [0.3, 0.4) is 0 Å². The van der Waals surface area contributed by atoms with Crippen molar-refractivity contribution in [2.75, 3.05) is 13.4 Å². The van der Waals surface area contributed by atoms with Gasteiger partial charge >= 0.3 is 0 Å². The van der Waals surface area contributed by atoms with E-state index in [2.05, 4.69) is 10.3 Å². The van der Waals surface area contributed by atoms with Crippen LogP contribution in [0.4, 0.5) is 0 Å². The normalized spacial score (nSPS) is 12.1. The molecule has 2 aromatic heterocycles. The molecule has 0 aliphatic heterocycles. The number of methoxy groups -OCH3 is 1. The smallest absolute Gasteiger partial charge is 0.272 e. The van der Waals surface area contributed by atoms with Crippen molar-refractivity contribution in [2.45, 2.75) is 24.5 Å². The molecule has 0 aliphatic rings. The van der Waals surface area contributed by atoms with E-state index in [0.717, 1.165) is 28.4 Å². The van der Waals surface area contributed by atoms with Crippen LogP contribution in [0.2, 0.25) is 0 Å². The Morgan fingerprint density at radius 1 is 1.32 bits per heavy atom. The summed E-state index contributed by atoms with van der Waals surface area (Å²) in [6.45, 7) is 1.99. The highest BCUT2D eigenvalue weighted by Crippen LogP contribution is 2.20. The summed E-state index contributed by atoms with van der Waals surface area (Å²) >= 11 is 1.52. The van der Waals surface area contributed by atoms with Gasteiger partial charge in [0.05, 0.1) is 12.6 Å². The SMILES string of the molecule is COc1cccc(CC(C)NC(=O)c2nc(SC)n3ccccc23)c1. The number of carbonyl (C=O) groups excluding carboxylic acids is 1. The van der Waals surface area contributed by atoms with Gasteiger partial charge in [-0.05, 0) is 49.4 Å². The predicted molar refractivity (Wildman–Crippen MR) is 101 cm³/mol. The van der Waals surface area contributed by atoms with E-state index in [-0.39, 0.29) is 11.9 Å². The Balaban J connectivity index is 1.75. The molecule has 6 heteroatoms. The Kier molecular flexibility index (Phi) is 5.28. The van der Waals surface area contributed by atoms with Crippen molar-refractivity contribution in [1.82, 2.24) is 14.7 Å². The Morgan fingerprint density at radius 2 is 2.16 bits per heavy atom. The molecule has 0 spiro atoms. The van der Waals surface area contributed by atoms with Crippen LogP contribution in [0.15, 0.2) is 53.8 Å². The zero-order chi connectivity index (χ0) is 17.8. The van der Waals surface area contributed by atoms with E-state index >= 15 is 0 Å². The maximum atomic E-state index is 12.7. The number of hydrogen-bond donors (Lipinski definition) is 1. The lowest BCUT2D eigenvalue weighted by Gasteiger charge is -2.14. The maximum absolute atomic E-state index is 12.7. The minimum absolute atomic E-state index is 0.0159. The molecule has 0 radical (unpaired) electrons. The van der Waals surface area contributed by atoms with Gasteiger partial charge in [-0.2, -0.15) is 0 Å². The highest BCUT2D eigenvalue weighted by molar-refractivity contribution is 7.98. The third-order valence-electron chi connectivity index (χ3n) is 3.97. The minimum atomic E-state index is -0.153. The molecule has 3 rings (SSSR count). The molecule has 1 aromatic carbocycles. The number of amides is 1. The van der Waals surface area contributed by atoms with E-state index in [9.17, 15) is 4.79 Å². The number of nitrogens with one attached hydrogen (secondary N) is 1. The van der Waals surface area contributed by atoms with Crippen LogP contribution < -0.4 is 10.1 Å². The van der Waals surface area contributed by atoms with Gasteiger partial charge in [0.15, 0.2) is 10.9 Å². The fraction of sp³-hybridized carbons (Fsp3) is 0.263. The van der Waals surface area contributed by atoms with E-state index in [4.69, 9.17) is 4.74 Å². The van der Waals surface area contributed by atoms with Gasteiger partial charge in [-0.25, -0.2) is 4.98 Å². The second kappa shape index (κ2) is 7.61. The van der Waals surface area contributed by atoms with Gasteiger partial charge < -0.3 is 10.1 Å². The lowest BCUT2D eigenvalue weighted by atomic mass is 10.1. The number of carbonyl (C=O) groups is 1. The molecule has 3 aromatic rings. The molecule has 25 heavy (non-hydrogen) atoms. The summed E-state index contributed by atoms with van der Waals surface area (Å²) in [6, 6.07) is 13.6. The third kappa shape index (κ3) is 3.79. The van der Waals surface area contributed by atoms with Crippen LogP contribution in [0.25, 0.3) is 5.52 Å². The third-order valence-corrected chi connectivity index (χ3v) is 4.62. The van der Waals surface area contributed by atoms with Gasteiger partial charge in [0.1, 0.15) is 5.75 Å². The molecule has 0 aliphatic carbocycles. The Morgan fingerprint density at radius 3 is 2.92 bits per heavy atom. The summed E-state index contributed by atoms with van der Waals surface area (Å²) in [7, 11) is 1.65. The summed E-state index contributed by atoms with van der Waals surface area (Å²) in [5.74, 6) is 0.667. The monoisotopic (exact) mass is 355 g/mol. The molecule has 1 amide bonds. The van der Waals surface area contributed by atoms with Crippen molar-refractivity contribution in [2.24, 2.45) is 0 Å². The van der Waals surface area contributed by atoms with E-state index in [1.54, 1.807) is 7.11 Å². The van der Waals surface area contributed by atoms with Gasteiger partial charge in [-0.15, -0.1) is 0 Å². The lowest BCUT2D eigenvalue weighted by Crippen LogP contribution is -2.34. The average Bonchev–Trinajstić information content (AvgIpc) is 3.00. The largest absolute Gasteiger partial charge is 0.497 e. The van der Waals surface area contributed by atoms with Crippen LogP contribution in [-0.2, 0) is 6.42 Å². The lowest BCUT2D eigenvalue weighted by molar-refractivity contribution is 0.0937. The fourth-order valence-corrected chi connectivity index (χ4v) is 3.36. The summed E-state index contributed by atoms with van der Waals surface area (Å²) in [5, 5.41) is 3.85. The number of aromatic nitrogens is 2. The van der Waals surface area contributed by atoms with E-state index < -0.39 is 0 Å². The molecule has 0 bridgehead atoms. The first-order valence-corrected chi connectivity index (χ1v) is 9.29. The van der Waals surface area contributed by atoms with Crippen molar-refractivity contribution in [3.8, 4) is 5.75 Å². The molecule has 5 nitrogen and oxygen atoms in total. The molecule has 130 valence electrons. The van der Waals surface area contributed by atoms with Gasteiger partial charge in [0.25, 0.3) is 5.91 Å². The molecule has 1 atom stereocenters. The molecular formula is C19H21N3O2S. The van der Waals surface area contributed by atoms with Crippen molar-refractivity contribution in [3.05, 3.63) is 59.9 Å². The molecule has 1 unspecified atom stereocenters. The summed E-state index contributed by atoms with van der Waals surface area (Å²) in [4.78, 5) is 17.2. The van der Waals surface area contributed by atoms with Gasteiger partial charge in [0.2, 0.25) is 0 Å². The van der Waals surface area contributed by atoms with E-state index in [1.807, 2.05) is 66.2 Å². The fourth-order valence-electron chi connectivity index (χ4n) is 2.82. The zero-order valence-electron chi connectivity index (χ0n) is 14.5. The number of nitrogens with zero attached hydrogens (tertiary/aromatic N) is 2.